The van der Waals surface area contributed by atoms with Crippen LogP contribution in [0.2, 0.25) is 0 Å². The molecule has 1 aromatic carbocycles. The molecule has 0 saturated carbocycles. The summed E-state index contributed by atoms with van der Waals surface area (Å²) in [4.78, 5) is 36.7. The Morgan fingerprint density at radius 2 is 1.72 bits per heavy atom. The van der Waals surface area contributed by atoms with Gasteiger partial charge in [0, 0.05) is 69.7 Å². The molecule has 0 radical (unpaired) electrons. The fourth-order valence-electron chi connectivity index (χ4n) is 4.96. The number of anilines is 1. The lowest BCUT2D eigenvalue weighted by Gasteiger charge is -2.35. The van der Waals surface area contributed by atoms with Gasteiger partial charge in [-0.1, -0.05) is 6.07 Å². The van der Waals surface area contributed by atoms with Crippen molar-refractivity contribution in [3.05, 3.63) is 66.0 Å². The molecular formula is C28H28F6N8O. The van der Waals surface area contributed by atoms with Gasteiger partial charge in [-0.05, 0) is 29.8 Å². The number of benzene rings is 1. The number of halogens is 6. The maximum atomic E-state index is 12.8. The number of H-pyrrole nitrogens is 1. The average molecular weight is 607 g/mol. The fourth-order valence-corrected chi connectivity index (χ4v) is 4.96. The van der Waals surface area contributed by atoms with Crippen LogP contribution in [0.25, 0.3) is 22.3 Å². The van der Waals surface area contributed by atoms with Gasteiger partial charge in [-0.2, -0.15) is 26.3 Å². The SMILES string of the molecule is CN(CC(F)(F)F)c1cc(-c2ccc3nc(Cc4cc(CN5CCN(C(=O)CC(F)(F)F)CC5)ccn4)[nH]c3c2)ncn1. The molecule has 4 aromatic rings. The van der Waals surface area contributed by atoms with Crippen LogP contribution in [0, 0.1) is 0 Å². The topological polar surface area (TPSA) is 94.1 Å². The maximum Gasteiger partial charge on any atom is 0.405 e. The minimum Gasteiger partial charge on any atom is -0.350 e. The molecule has 0 atom stereocenters. The molecule has 1 fully saturated rings. The van der Waals surface area contributed by atoms with Crippen LogP contribution in [0.15, 0.2) is 48.9 Å². The lowest BCUT2D eigenvalue weighted by Crippen LogP contribution is -2.49. The van der Waals surface area contributed by atoms with Gasteiger partial charge in [0.1, 0.15) is 30.9 Å². The van der Waals surface area contributed by atoms with E-state index in [1.165, 1.54) is 24.3 Å². The number of fused-ring (bicyclic) bond motifs is 1. The van der Waals surface area contributed by atoms with Gasteiger partial charge in [0.15, 0.2) is 0 Å². The first-order chi connectivity index (χ1) is 20.3. The normalized spacial score (nSPS) is 14.8. The molecule has 0 aliphatic carbocycles. The molecule has 1 aliphatic heterocycles. The summed E-state index contributed by atoms with van der Waals surface area (Å²) in [5.74, 6) is -0.0796. The van der Waals surface area contributed by atoms with Crippen molar-refractivity contribution in [3.8, 4) is 11.3 Å². The number of carbonyl (C=O) groups is 1. The van der Waals surface area contributed by atoms with Crippen molar-refractivity contribution in [2.24, 2.45) is 0 Å². The Hall–Kier alpha value is -4.27. The zero-order valence-electron chi connectivity index (χ0n) is 23.1. The molecule has 9 nitrogen and oxygen atoms in total. The van der Waals surface area contributed by atoms with Crippen molar-refractivity contribution in [2.45, 2.75) is 31.7 Å². The summed E-state index contributed by atoms with van der Waals surface area (Å²) in [6, 6.07) is 10.7. The number of nitrogens with one attached hydrogen (secondary N) is 1. The highest BCUT2D eigenvalue weighted by Crippen LogP contribution is 2.26. The monoisotopic (exact) mass is 606 g/mol. The number of piperazine rings is 1. The number of aromatic amines is 1. The third-order valence-electron chi connectivity index (χ3n) is 7.00. The van der Waals surface area contributed by atoms with Crippen LogP contribution in [-0.4, -0.2) is 92.8 Å². The van der Waals surface area contributed by atoms with Gasteiger partial charge in [0.2, 0.25) is 5.91 Å². The quantitative estimate of drug-likeness (QED) is 0.293. The van der Waals surface area contributed by atoms with Crippen molar-refractivity contribution < 1.29 is 31.1 Å². The van der Waals surface area contributed by atoms with Gasteiger partial charge < -0.3 is 14.8 Å². The summed E-state index contributed by atoms with van der Waals surface area (Å²) in [5, 5.41) is 0. The number of nitrogens with zero attached hydrogens (tertiary/aromatic N) is 7. The summed E-state index contributed by atoms with van der Waals surface area (Å²) >= 11 is 0. The minimum atomic E-state index is -4.51. The highest BCUT2D eigenvalue weighted by atomic mass is 19.4. The smallest absolute Gasteiger partial charge is 0.350 e. The molecular weight excluding hydrogens is 578 g/mol. The first-order valence-corrected chi connectivity index (χ1v) is 13.4. The number of amides is 1. The van der Waals surface area contributed by atoms with Gasteiger partial charge in [0.25, 0.3) is 0 Å². The second-order valence-electron chi connectivity index (χ2n) is 10.4. The third-order valence-corrected chi connectivity index (χ3v) is 7.00. The van der Waals surface area contributed by atoms with Crippen LogP contribution in [0.4, 0.5) is 32.2 Å². The van der Waals surface area contributed by atoms with Crippen LogP contribution < -0.4 is 4.90 Å². The van der Waals surface area contributed by atoms with Gasteiger partial charge in [-0.25, -0.2) is 15.0 Å². The van der Waals surface area contributed by atoms with Crippen LogP contribution in [0.1, 0.15) is 23.5 Å². The number of aromatic nitrogens is 5. The Bertz CT molecular complexity index is 1580. The van der Waals surface area contributed by atoms with E-state index in [4.69, 9.17) is 0 Å². The van der Waals surface area contributed by atoms with Gasteiger partial charge >= 0.3 is 12.4 Å². The Morgan fingerprint density at radius 1 is 0.953 bits per heavy atom. The largest absolute Gasteiger partial charge is 0.405 e. The Morgan fingerprint density at radius 3 is 2.44 bits per heavy atom. The average Bonchev–Trinajstić information content (AvgIpc) is 3.33. The zero-order valence-corrected chi connectivity index (χ0v) is 23.1. The summed E-state index contributed by atoms with van der Waals surface area (Å²) in [5.41, 5.74) is 4.34. The second-order valence-corrected chi connectivity index (χ2v) is 10.4. The fraction of sp³-hybridized carbons (Fsp3) is 0.393. The standard InChI is InChI=1S/C28H28F6N8O/c1-40(16-28(32,33)34)25-13-22(36-17-37-25)19-2-3-21-23(11-19)39-24(38-21)12-20-10-18(4-5-35-20)15-41-6-8-42(9-7-41)26(43)14-27(29,30)31/h2-5,10-11,13,17H,6-9,12,14-16H2,1H3,(H,38,39). The molecule has 1 saturated heterocycles. The van der Waals surface area contributed by atoms with Crippen LogP contribution in [0.5, 0.6) is 0 Å². The second kappa shape index (κ2) is 12.1. The number of carbonyl (C=O) groups excluding carboxylic acids is 1. The Kier molecular flexibility index (Phi) is 8.53. The lowest BCUT2D eigenvalue weighted by molar-refractivity contribution is -0.162. The number of pyridine rings is 1. The van der Waals surface area contributed by atoms with Crippen molar-refractivity contribution in [3.63, 3.8) is 0 Å². The molecule has 5 rings (SSSR count). The van der Waals surface area contributed by atoms with E-state index in [-0.39, 0.29) is 18.9 Å². The van der Waals surface area contributed by atoms with E-state index in [0.29, 0.717) is 48.7 Å². The zero-order chi connectivity index (χ0) is 30.8. The summed E-state index contributed by atoms with van der Waals surface area (Å²) in [7, 11) is 1.32. The molecule has 4 heterocycles. The highest BCUT2D eigenvalue weighted by molar-refractivity contribution is 5.81. The Balaban J connectivity index is 1.22. The van der Waals surface area contributed by atoms with E-state index >= 15 is 0 Å². The molecule has 1 N–H and O–H groups in total. The first-order valence-electron chi connectivity index (χ1n) is 13.4. The first kappa shape index (κ1) is 30.2. The molecule has 0 spiro atoms. The van der Waals surface area contributed by atoms with Crippen molar-refractivity contribution in [2.75, 3.05) is 44.7 Å². The number of imidazole rings is 1. The van der Waals surface area contributed by atoms with E-state index in [1.807, 2.05) is 18.2 Å². The van der Waals surface area contributed by atoms with E-state index in [9.17, 15) is 31.1 Å². The third kappa shape index (κ3) is 8.18. The van der Waals surface area contributed by atoms with E-state index in [1.54, 1.807) is 18.3 Å². The Labute approximate surface area is 242 Å². The molecule has 3 aromatic heterocycles. The van der Waals surface area contributed by atoms with Gasteiger partial charge in [-0.3, -0.25) is 14.7 Å². The van der Waals surface area contributed by atoms with Crippen LogP contribution >= 0.6 is 0 Å². The number of hydrogen-bond acceptors (Lipinski definition) is 7. The van der Waals surface area contributed by atoms with E-state index < -0.39 is 31.2 Å². The molecule has 0 unspecified atom stereocenters. The summed E-state index contributed by atoms with van der Waals surface area (Å²) in [6.45, 7) is 0.867. The van der Waals surface area contributed by atoms with E-state index in [2.05, 4.69) is 29.8 Å². The summed E-state index contributed by atoms with van der Waals surface area (Å²) < 4.78 is 76.1. The maximum absolute atomic E-state index is 12.8. The molecule has 228 valence electrons. The predicted molar refractivity (Wildman–Crippen MR) is 146 cm³/mol. The number of alkyl halides is 6. The lowest BCUT2D eigenvalue weighted by atomic mass is 10.1. The molecule has 1 amide bonds. The van der Waals surface area contributed by atoms with Crippen molar-refractivity contribution in [1.29, 1.82) is 0 Å². The van der Waals surface area contributed by atoms with Gasteiger partial charge in [-0.15, -0.1) is 0 Å². The molecule has 43 heavy (non-hydrogen) atoms. The molecule has 0 bridgehead atoms. The van der Waals surface area contributed by atoms with Crippen LogP contribution in [0.3, 0.4) is 0 Å². The van der Waals surface area contributed by atoms with Crippen molar-refractivity contribution in [1.82, 2.24) is 34.7 Å². The van der Waals surface area contributed by atoms with Crippen LogP contribution in [-0.2, 0) is 17.8 Å². The van der Waals surface area contributed by atoms with Crippen molar-refractivity contribution >= 4 is 22.8 Å². The minimum absolute atomic E-state index is 0.149. The highest BCUT2D eigenvalue weighted by Gasteiger charge is 2.34. The number of rotatable bonds is 8. The molecule has 1 aliphatic rings. The summed E-state index contributed by atoms with van der Waals surface area (Å²) in [6.07, 6.45) is -6.97. The predicted octanol–water partition coefficient (Wildman–Crippen LogP) is 4.60. The number of hydrogen-bond donors (Lipinski definition) is 1. The molecule has 15 heteroatoms. The van der Waals surface area contributed by atoms with Gasteiger partial charge in [0.05, 0.1) is 16.7 Å². The van der Waals surface area contributed by atoms with E-state index in [0.717, 1.165) is 21.7 Å².